The summed E-state index contributed by atoms with van der Waals surface area (Å²) in [5.74, 6) is -1.38. The molecule has 0 aliphatic rings. The zero-order valence-corrected chi connectivity index (χ0v) is 12.1. The molecule has 0 unspecified atom stereocenters. The van der Waals surface area contributed by atoms with Gasteiger partial charge in [-0.2, -0.15) is 0 Å². The topological polar surface area (TPSA) is 85.3 Å². The third-order valence-electron chi connectivity index (χ3n) is 3.52. The molecule has 0 radical (unpaired) electrons. The van der Waals surface area contributed by atoms with E-state index in [9.17, 15) is 14.3 Å². The van der Waals surface area contributed by atoms with Crippen LogP contribution < -0.4 is 0 Å². The smallest absolute Gasteiger partial charge is 0.315 e. The minimum Gasteiger partial charge on any atom is -0.481 e. The fourth-order valence-corrected chi connectivity index (χ4v) is 2.04. The van der Waals surface area contributed by atoms with Gasteiger partial charge in [0, 0.05) is 12.4 Å². The number of carbonyl (C=O) groups is 1. The molecule has 114 valence electrons. The van der Waals surface area contributed by atoms with Crippen molar-refractivity contribution in [3.05, 3.63) is 47.9 Å². The number of nitrogens with zero attached hydrogens (tertiary/aromatic N) is 5. The number of fused-ring (bicyclic) bond motifs is 1. The molecular formula is C14H14FN5O2. The number of aliphatic carboxylic acids is 1. The van der Waals surface area contributed by atoms with E-state index in [4.69, 9.17) is 0 Å². The Morgan fingerprint density at radius 2 is 2.18 bits per heavy atom. The molecule has 0 bridgehead atoms. The van der Waals surface area contributed by atoms with E-state index in [2.05, 4.69) is 15.3 Å². The van der Waals surface area contributed by atoms with Crippen molar-refractivity contribution < 1.29 is 14.3 Å². The lowest BCUT2D eigenvalue weighted by atomic mass is 9.90. The van der Waals surface area contributed by atoms with Crippen LogP contribution in [-0.2, 0) is 16.8 Å². The SMILES string of the molecule is CC(C)(C(=O)O)c1cn(Cc2cn3cccc(F)c3n2)nn1. The quantitative estimate of drug-likeness (QED) is 0.789. The number of hydrogen-bond acceptors (Lipinski definition) is 4. The summed E-state index contributed by atoms with van der Waals surface area (Å²) >= 11 is 0. The number of imidazole rings is 1. The second-order valence-corrected chi connectivity index (χ2v) is 5.55. The van der Waals surface area contributed by atoms with Gasteiger partial charge in [0.25, 0.3) is 0 Å². The van der Waals surface area contributed by atoms with Crippen LogP contribution in [0.5, 0.6) is 0 Å². The molecule has 0 aliphatic carbocycles. The van der Waals surface area contributed by atoms with Crippen molar-refractivity contribution in [1.29, 1.82) is 0 Å². The fraction of sp³-hybridized carbons (Fsp3) is 0.286. The third-order valence-corrected chi connectivity index (χ3v) is 3.52. The Balaban J connectivity index is 1.88. The largest absolute Gasteiger partial charge is 0.481 e. The summed E-state index contributed by atoms with van der Waals surface area (Å²) in [6, 6.07) is 2.94. The maximum atomic E-state index is 13.6. The second-order valence-electron chi connectivity index (χ2n) is 5.55. The number of aromatic nitrogens is 5. The molecule has 0 fully saturated rings. The summed E-state index contributed by atoms with van der Waals surface area (Å²) < 4.78 is 16.7. The Bertz CT molecular complexity index is 852. The number of hydrogen-bond donors (Lipinski definition) is 1. The van der Waals surface area contributed by atoms with Crippen molar-refractivity contribution in [2.45, 2.75) is 25.8 Å². The molecule has 7 nitrogen and oxygen atoms in total. The molecule has 3 rings (SSSR count). The van der Waals surface area contributed by atoms with Gasteiger partial charge in [-0.1, -0.05) is 5.21 Å². The first-order valence-electron chi connectivity index (χ1n) is 6.64. The van der Waals surface area contributed by atoms with Crippen molar-refractivity contribution in [3.63, 3.8) is 0 Å². The predicted molar refractivity (Wildman–Crippen MR) is 74.9 cm³/mol. The zero-order chi connectivity index (χ0) is 15.9. The van der Waals surface area contributed by atoms with E-state index in [1.807, 2.05) is 0 Å². The maximum absolute atomic E-state index is 13.6. The molecule has 0 atom stereocenters. The van der Waals surface area contributed by atoms with Crippen LogP contribution in [0.3, 0.4) is 0 Å². The molecule has 0 amide bonds. The average Bonchev–Trinajstić information content (AvgIpc) is 3.06. The molecule has 8 heteroatoms. The van der Waals surface area contributed by atoms with Crippen LogP contribution in [0, 0.1) is 5.82 Å². The summed E-state index contributed by atoms with van der Waals surface area (Å²) in [7, 11) is 0. The van der Waals surface area contributed by atoms with Crippen molar-refractivity contribution in [1.82, 2.24) is 24.4 Å². The van der Waals surface area contributed by atoms with Crippen molar-refractivity contribution >= 4 is 11.6 Å². The van der Waals surface area contributed by atoms with E-state index < -0.39 is 17.2 Å². The highest BCUT2D eigenvalue weighted by Crippen LogP contribution is 2.20. The Morgan fingerprint density at radius 1 is 1.41 bits per heavy atom. The maximum Gasteiger partial charge on any atom is 0.315 e. The van der Waals surface area contributed by atoms with Gasteiger partial charge >= 0.3 is 5.97 Å². The van der Waals surface area contributed by atoms with E-state index in [0.29, 0.717) is 11.4 Å². The zero-order valence-electron chi connectivity index (χ0n) is 12.1. The summed E-state index contributed by atoms with van der Waals surface area (Å²) in [5, 5.41) is 17.0. The standard InChI is InChI=1S/C14H14FN5O2/c1-14(2,13(21)22)11-8-20(18-17-11)7-9-6-19-5-3-4-10(15)12(19)16-9/h3-6,8H,7H2,1-2H3,(H,21,22). The van der Waals surface area contributed by atoms with Gasteiger partial charge in [-0.05, 0) is 26.0 Å². The van der Waals surface area contributed by atoms with Crippen LogP contribution in [-0.4, -0.2) is 35.5 Å². The molecule has 0 aliphatic heterocycles. The van der Waals surface area contributed by atoms with E-state index in [1.54, 1.807) is 42.9 Å². The molecule has 0 saturated heterocycles. The van der Waals surface area contributed by atoms with Crippen molar-refractivity contribution in [3.8, 4) is 0 Å². The first kappa shape index (κ1) is 14.2. The molecule has 0 saturated carbocycles. The van der Waals surface area contributed by atoms with Crippen LogP contribution in [0.2, 0.25) is 0 Å². The van der Waals surface area contributed by atoms with Gasteiger partial charge in [-0.15, -0.1) is 5.10 Å². The molecule has 3 aromatic heterocycles. The first-order chi connectivity index (χ1) is 10.4. The van der Waals surface area contributed by atoms with Gasteiger partial charge in [0.1, 0.15) is 5.41 Å². The highest BCUT2D eigenvalue weighted by molar-refractivity contribution is 5.79. The monoisotopic (exact) mass is 303 g/mol. The summed E-state index contributed by atoms with van der Waals surface area (Å²) in [6.45, 7) is 3.40. The van der Waals surface area contributed by atoms with E-state index in [-0.39, 0.29) is 12.2 Å². The number of rotatable bonds is 4. The van der Waals surface area contributed by atoms with Crippen molar-refractivity contribution in [2.75, 3.05) is 0 Å². The first-order valence-corrected chi connectivity index (χ1v) is 6.64. The summed E-state index contributed by atoms with van der Waals surface area (Å²) in [5.41, 5.74) is 0.0804. The van der Waals surface area contributed by atoms with Gasteiger partial charge in [0.2, 0.25) is 0 Å². The molecule has 22 heavy (non-hydrogen) atoms. The number of pyridine rings is 1. The molecular weight excluding hydrogens is 289 g/mol. The highest BCUT2D eigenvalue weighted by Gasteiger charge is 2.32. The van der Waals surface area contributed by atoms with Gasteiger partial charge in [-0.3, -0.25) is 4.79 Å². The van der Waals surface area contributed by atoms with Gasteiger partial charge < -0.3 is 9.51 Å². The van der Waals surface area contributed by atoms with Crippen LogP contribution in [0.25, 0.3) is 5.65 Å². The lowest BCUT2D eigenvalue weighted by molar-refractivity contribution is -0.142. The van der Waals surface area contributed by atoms with Crippen molar-refractivity contribution in [2.24, 2.45) is 0 Å². The summed E-state index contributed by atoms with van der Waals surface area (Å²) in [6.07, 6.45) is 4.96. The Morgan fingerprint density at radius 3 is 2.86 bits per heavy atom. The fourth-order valence-electron chi connectivity index (χ4n) is 2.04. The van der Waals surface area contributed by atoms with Gasteiger partial charge in [-0.25, -0.2) is 14.1 Å². The van der Waals surface area contributed by atoms with E-state index in [1.165, 1.54) is 10.7 Å². The number of halogens is 1. The molecule has 0 aromatic carbocycles. The van der Waals surface area contributed by atoms with Crippen LogP contribution in [0.1, 0.15) is 25.2 Å². The second kappa shape index (κ2) is 4.90. The average molecular weight is 303 g/mol. The lowest BCUT2D eigenvalue weighted by Gasteiger charge is -2.14. The Hall–Kier alpha value is -2.77. The van der Waals surface area contributed by atoms with Crippen LogP contribution in [0.4, 0.5) is 4.39 Å². The minimum absolute atomic E-state index is 0.240. The van der Waals surface area contributed by atoms with Gasteiger partial charge in [0.15, 0.2) is 11.5 Å². The summed E-state index contributed by atoms with van der Waals surface area (Å²) in [4.78, 5) is 15.4. The van der Waals surface area contributed by atoms with E-state index in [0.717, 1.165) is 0 Å². The van der Waals surface area contributed by atoms with Gasteiger partial charge in [0.05, 0.1) is 24.1 Å². The third kappa shape index (κ3) is 2.32. The molecule has 3 heterocycles. The molecule has 0 spiro atoms. The Labute approximate surface area is 125 Å². The minimum atomic E-state index is -1.12. The molecule has 3 aromatic rings. The molecule has 1 N–H and O–H groups in total. The van der Waals surface area contributed by atoms with Crippen LogP contribution in [0.15, 0.2) is 30.7 Å². The lowest BCUT2D eigenvalue weighted by Crippen LogP contribution is -2.28. The highest BCUT2D eigenvalue weighted by atomic mass is 19.1. The number of carboxylic acids is 1. The normalized spacial score (nSPS) is 12.0. The van der Waals surface area contributed by atoms with E-state index >= 15 is 0 Å². The predicted octanol–water partition coefficient (Wildman–Crippen LogP) is 1.48. The Kier molecular flexibility index (Phi) is 3.16. The number of carboxylic acid groups (broad SMARTS) is 1. The van der Waals surface area contributed by atoms with Crippen LogP contribution >= 0.6 is 0 Å².